The van der Waals surface area contributed by atoms with E-state index in [0.717, 1.165) is 39.3 Å². The molecule has 2 heterocycles. The molecule has 0 amide bonds. The minimum atomic E-state index is 0.443. The van der Waals surface area contributed by atoms with Gasteiger partial charge < -0.3 is 14.8 Å². The first-order valence-electron chi connectivity index (χ1n) is 6.46. The summed E-state index contributed by atoms with van der Waals surface area (Å²) in [6.07, 6.45) is 4.44. The zero-order valence-electron chi connectivity index (χ0n) is 10.3. The predicted molar refractivity (Wildman–Crippen MR) is 63.7 cm³/mol. The Morgan fingerprint density at radius 1 is 1.19 bits per heavy atom. The summed E-state index contributed by atoms with van der Waals surface area (Å²) in [6, 6.07) is 0. The van der Waals surface area contributed by atoms with Gasteiger partial charge in [-0.2, -0.15) is 0 Å². The van der Waals surface area contributed by atoms with Crippen LogP contribution in [0.5, 0.6) is 0 Å². The molecule has 4 nitrogen and oxygen atoms in total. The fraction of sp³-hybridized carbons (Fsp3) is 1.00. The minimum Gasteiger partial charge on any atom is -0.380 e. The van der Waals surface area contributed by atoms with Crippen LogP contribution in [0, 0.1) is 0 Å². The molecular formula is C12H24N2O2. The molecule has 94 valence electrons. The van der Waals surface area contributed by atoms with E-state index in [1.54, 1.807) is 7.11 Å². The van der Waals surface area contributed by atoms with E-state index in [0.29, 0.717) is 12.2 Å². The van der Waals surface area contributed by atoms with Crippen LogP contribution in [0.25, 0.3) is 0 Å². The normalized spacial score (nSPS) is 28.7. The number of methoxy groups -OCH3 is 1. The quantitative estimate of drug-likeness (QED) is 0.742. The van der Waals surface area contributed by atoms with E-state index >= 15 is 0 Å². The number of nitrogens with one attached hydrogen (secondary N) is 1. The molecule has 0 saturated carbocycles. The highest BCUT2D eigenvalue weighted by Gasteiger charge is 2.21. The van der Waals surface area contributed by atoms with Crippen molar-refractivity contribution in [2.45, 2.75) is 31.5 Å². The van der Waals surface area contributed by atoms with E-state index < -0.39 is 0 Å². The van der Waals surface area contributed by atoms with E-state index in [2.05, 4.69) is 10.2 Å². The van der Waals surface area contributed by atoms with E-state index in [1.807, 2.05) is 0 Å². The lowest BCUT2D eigenvalue weighted by Gasteiger charge is -2.24. The van der Waals surface area contributed by atoms with Gasteiger partial charge in [0.2, 0.25) is 0 Å². The summed E-state index contributed by atoms with van der Waals surface area (Å²) in [5.74, 6) is 0. The zero-order chi connectivity index (χ0) is 11.2. The summed E-state index contributed by atoms with van der Waals surface area (Å²) in [6.45, 7) is 6.39. The lowest BCUT2D eigenvalue weighted by atomic mass is 10.1. The number of likely N-dealkylation sites (tertiary alicyclic amines) is 1. The minimum absolute atomic E-state index is 0.443. The highest BCUT2D eigenvalue weighted by molar-refractivity contribution is 4.75. The Morgan fingerprint density at radius 2 is 2.00 bits per heavy atom. The summed E-state index contributed by atoms with van der Waals surface area (Å²) in [5, 5.41) is 3.35. The SMILES string of the molecule is COC1CCN(CCOC2CCNCC2)C1. The Bertz CT molecular complexity index is 195. The van der Waals surface area contributed by atoms with Crippen molar-refractivity contribution in [2.24, 2.45) is 0 Å². The largest absolute Gasteiger partial charge is 0.380 e. The number of hydrogen-bond acceptors (Lipinski definition) is 4. The first-order valence-corrected chi connectivity index (χ1v) is 6.46. The van der Waals surface area contributed by atoms with Crippen molar-refractivity contribution in [2.75, 3.05) is 46.4 Å². The second-order valence-electron chi connectivity index (χ2n) is 4.77. The maximum Gasteiger partial charge on any atom is 0.0710 e. The summed E-state index contributed by atoms with van der Waals surface area (Å²) >= 11 is 0. The molecule has 0 radical (unpaired) electrons. The van der Waals surface area contributed by atoms with Gasteiger partial charge in [0.05, 0.1) is 18.8 Å². The van der Waals surface area contributed by atoms with Crippen LogP contribution in [0.4, 0.5) is 0 Å². The molecule has 0 bridgehead atoms. The van der Waals surface area contributed by atoms with Crippen LogP contribution in [-0.4, -0.2) is 63.5 Å². The molecule has 0 aliphatic carbocycles. The Balaban J connectivity index is 1.54. The summed E-state index contributed by atoms with van der Waals surface area (Å²) in [4.78, 5) is 2.44. The first kappa shape index (κ1) is 12.3. The Labute approximate surface area is 98.3 Å². The van der Waals surface area contributed by atoms with E-state index in [9.17, 15) is 0 Å². The molecule has 1 atom stereocenters. The summed E-state index contributed by atoms with van der Waals surface area (Å²) in [7, 11) is 1.81. The molecule has 0 aromatic rings. The van der Waals surface area contributed by atoms with Gasteiger partial charge in [-0.1, -0.05) is 0 Å². The van der Waals surface area contributed by atoms with Crippen LogP contribution in [0.15, 0.2) is 0 Å². The second-order valence-corrected chi connectivity index (χ2v) is 4.77. The topological polar surface area (TPSA) is 33.7 Å². The number of ether oxygens (including phenoxy) is 2. The molecule has 2 aliphatic heterocycles. The van der Waals surface area contributed by atoms with Crippen molar-refractivity contribution in [3.05, 3.63) is 0 Å². The molecule has 2 fully saturated rings. The molecule has 1 N–H and O–H groups in total. The average Bonchev–Trinajstić information content (AvgIpc) is 2.78. The zero-order valence-corrected chi connectivity index (χ0v) is 10.3. The van der Waals surface area contributed by atoms with Crippen LogP contribution in [0.2, 0.25) is 0 Å². The van der Waals surface area contributed by atoms with Gasteiger partial charge >= 0.3 is 0 Å². The molecule has 1 unspecified atom stereocenters. The monoisotopic (exact) mass is 228 g/mol. The number of nitrogens with zero attached hydrogens (tertiary/aromatic N) is 1. The lowest BCUT2D eigenvalue weighted by molar-refractivity contribution is 0.0205. The van der Waals surface area contributed by atoms with Gasteiger partial charge in [-0.05, 0) is 32.4 Å². The van der Waals surface area contributed by atoms with Crippen LogP contribution in [-0.2, 0) is 9.47 Å². The van der Waals surface area contributed by atoms with Gasteiger partial charge in [-0.15, -0.1) is 0 Å². The van der Waals surface area contributed by atoms with Gasteiger partial charge in [0.25, 0.3) is 0 Å². The Kier molecular flexibility index (Phi) is 5.03. The van der Waals surface area contributed by atoms with Crippen molar-refractivity contribution in [1.29, 1.82) is 0 Å². The van der Waals surface area contributed by atoms with Crippen molar-refractivity contribution in [1.82, 2.24) is 10.2 Å². The van der Waals surface area contributed by atoms with Crippen molar-refractivity contribution < 1.29 is 9.47 Å². The number of rotatable bonds is 5. The fourth-order valence-electron chi connectivity index (χ4n) is 2.50. The molecule has 2 saturated heterocycles. The van der Waals surface area contributed by atoms with Crippen LogP contribution < -0.4 is 5.32 Å². The lowest BCUT2D eigenvalue weighted by Crippen LogP contribution is -2.34. The van der Waals surface area contributed by atoms with Crippen molar-refractivity contribution in [3.63, 3.8) is 0 Å². The molecule has 4 heteroatoms. The predicted octanol–water partition coefficient (Wildman–Crippen LogP) is 0.476. The van der Waals surface area contributed by atoms with E-state index in [4.69, 9.17) is 9.47 Å². The van der Waals surface area contributed by atoms with Gasteiger partial charge in [0, 0.05) is 26.7 Å². The standard InChI is InChI=1S/C12H24N2O2/c1-15-12-4-7-14(10-12)8-9-16-11-2-5-13-6-3-11/h11-13H,2-10H2,1H3. The molecule has 2 aliphatic rings. The van der Waals surface area contributed by atoms with Crippen LogP contribution >= 0.6 is 0 Å². The van der Waals surface area contributed by atoms with Gasteiger partial charge in [-0.25, -0.2) is 0 Å². The molecular weight excluding hydrogens is 204 g/mol. The van der Waals surface area contributed by atoms with Crippen molar-refractivity contribution >= 4 is 0 Å². The smallest absolute Gasteiger partial charge is 0.0710 e. The highest BCUT2D eigenvalue weighted by Crippen LogP contribution is 2.12. The summed E-state index contributed by atoms with van der Waals surface area (Å²) < 4.78 is 11.2. The van der Waals surface area contributed by atoms with Gasteiger partial charge in [0.1, 0.15) is 0 Å². The third-order valence-electron chi connectivity index (χ3n) is 3.61. The molecule has 0 aromatic heterocycles. The van der Waals surface area contributed by atoms with Crippen LogP contribution in [0.1, 0.15) is 19.3 Å². The molecule has 16 heavy (non-hydrogen) atoms. The third kappa shape index (κ3) is 3.70. The molecule has 0 spiro atoms. The fourth-order valence-corrected chi connectivity index (χ4v) is 2.50. The summed E-state index contributed by atoms with van der Waals surface area (Å²) in [5.41, 5.74) is 0. The number of piperidine rings is 1. The third-order valence-corrected chi connectivity index (χ3v) is 3.61. The van der Waals surface area contributed by atoms with Crippen molar-refractivity contribution in [3.8, 4) is 0 Å². The second kappa shape index (κ2) is 6.55. The first-order chi connectivity index (χ1) is 7.88. The molecule has 0 aromatic carbocycles. The Morgan fingerprint density at radius 3 is 2.69 bits per heavy atom. The Hall–Kier alpha value is -0.160. The van der Waals surface area contributed by atoms with E-state index in [-0.39, 0.29) is 0 Å². The van der Waals surface area contributed by atoms with Crippen LogP contribution in [0.3, 0.4) is 0 Å². The maximum atomic E-state index is 5.89. The van der Waals surface area contributed by atoms with Gasteiger partial charge in [0.15, 0.2) is 0 Å². The average molecular weight is 228 g/mol. The highest BCUT2D eigenvalue weighted by atomic mass is 16.5. The van der Waals surface area contributed by atoms with E-state index in [1.165, 1.54) is 19.3 Å². The molecule has 2 rings (SSSR count). The number of hydrogen-bond donors (Lipinski definition) is 1. The maximum absolute atomic E-state index is 5.89. The van der Waals surface area contributed by atoms with Gasteiger partial charge in [-0.3, -0.25) is 4.90 Å².